The predicted octanol–water partition coefficient (Wildman–Crippen LogP) is 8.42. The number of likely N-dealkylation sites (N-methyl/N-ethyl adjacent to an activating group) is 1. The standard InChI is InChI=1S/C67H110N4O12P/c1-20-56-67(16,78)60(74)49(12)70(57(72)26-24-22-21-23-25-27-84(51-30-41(4)28-42(5)31-51,52-32-43(6)29-44(7)33-52)53-37-68-71(39-53)40(2)3)38-45(8)35-65(14,77)62(83-64-59(73)54(69(17)18)34-46(9)80-64)47(10)58(48(11)63(76)82-56)55-36-66(15,79-19)61(75)50(13)81-55/h28-33,37,39-40,45-50,54-56,58-62,64,73-75,77-78H,20-27,34-36,38H2,1-19H3/q+1/t45-,46-,47+,48-,49-,50+,54+,55-,56-,58?,59-,60-,61+,62-,64+,65-,66-,67-/m1/s1. The Morgan fingerprint density at radius 1 is 0.821 bits per heavy atom. The molecule has 0 bridgehead atoms. The van der Waals surface area contributed by atoms with Crippen molar-refractivity contribution in [3.05, 3.63) is 71.0 Å². The maximum atomic E-state index is 14.9. The number of cyclic esters (lactones) is 1. The number of benzene rings is 2. The van der Waals surface area contributed by atoms with E-state index >= 15 is 0 Å². The fourth-order valence-corrected chi connectivity index (χ4v) is 19.3. The molecule has 0 radical (unpaired) electrons. The molecule has 5 N–H and O–H groups in total. The highest BCUT2D eigenvalue weighted by Crippen LogP contribution is 2.57. The molecule has 0 spiro atoms. The number of hydrogen-bond donors (Lipinski definition) is 5. The van der Waals surface area contributed by atoms with Crippen molar-refractivity contribution in [1.82, 2.24) is 19.6 Å². The molecule has 16 nitrogen and oxygen atoms in total. The van der Waals surface area contributed by atoms with Crippen LogP contribution in [-0.4, -0.2) is 175 Å². The van der Waals surface area contributed by atoms with Crippen LogP contribution in [0.5, 0.6) is 0 Å². The molecule has 84 heavy (non-hydrogen) atoms. The van der Waals surface area contributed by atoms with Crippen molar-refractivity contribution in [3.63, 3.8) is 0 Å². The number of methoxy groups -OCH3 is 1. The van der Waals surface area contributed by atoms with Crippen LogP contribution in [0.15, 0.2) is 48.8 Å². The average Bonchev–Trinajstić information content (AvgIpc) is 1.67. The quantitative estimate of drug-likeness (QED) is 0.0461. The van der Waals surface area contributed by atoms with Gasteiger partial charge in [0.05, 0.1) is 66.1 Å². The van der Waals surface area contributed by atoms with Crippen molar-refractivity contribution in [2.45, 2.75) is 265 Å². The molecule has 6 rings (SSSR count). The van der Waals surface area contributed by atoms with E-state index < -0.39 is 109 Å². The van der Waals surface area contributed by atoms with E-state index in [2.05, 4.69) is 95.0 Å². The van der Waals surface area contributed by atoms with E-state index in [4.69, 9.17) is 28.8 Å². The fourth-order valence-electron chi connectivity index (χ4n) is 14.7. The number of aryl methyl sites for hydroxylation is 4. The minimum atomic E-state index is -2.18. The lowest BCUT2D eigenvalue weighted by Crippen LogP contribution is -2.61. The van der Waals surface area contributed by atoms with Crippen LogP contribution in [0, 0.1) is 51.4 Å². The van der Waals surface area contributed by atoms with E-state index in [0.29, 0.717) is 12.8 Å². The van der Waals surface area contributed by atoms with E-state index in [9.17, 15) is 35.1 Å². The van der Waals surface area contributed by atoms with Gasteiger partial charge in [0.1, 0.15) is 53.2 Å². The Hall–Kier alpha value is -3.38. The number of unbranched alkanes of at least 4 members (excludes halogenated alkanes) is 4. The molecule has 17 heteroatoms. The second-order valence-corrected chi connectivity index (χ2v) is 31.0. The molecule has 2 aromatic carbocycles. The highest BCUT2D eigenvalue weighted by Gasteiger charge is 2.56. The first-order valence-electron chi connectivity index (χ1n) is 31.5. The van der Waals surface area contributed by atoms with Gasteiger partial charge in [-0.2, -0.15) is 5.10 Å². The average molecular weight is 1190 g/mol. The molecule has 0 aliphatic carbocycles. The van der Waals surface area contributed by atoms with Crippen LogP contribution < -0.4 is 15.9 Å². The number of carbonyl (C=O) groups is 2. The Balaban J connectivity index is 1.29. The van der Waals surface area contributed by atoms with E-state index in [1.165, 1.54) is 52.2 Å². The van der Waals surface area contributed by atoms with Crippen molar-refractivity contribution < 1.29 is 58.8 Å². The van der Waals surface area contributed by atoms with Crippen molar-refractivity contribution in [3.8, 4) is 0 Å². The summed E-state index contributed by atoms with van der Waals surface area (Å²) in [5, 5.41) is 70.2. The van der Waals surface area contributed by atoms with Gasteiger partial charge in [-0.25, -0.2) is 0 Å². The van der Waals surface area contributed by atoms with Gasteiger partial charge in [-0.1, -0.05) is 52.7 Å². The third kappa shape index (κ3) is 15.7. The van der Waals surface area contributed by atoms with E-state index in [1.807, 2.05) is 46.7 Å². The number of hydrogen-bond acceptors (Lipinski definition) is 14. The minimum Gasteiger partial charge on any atom is -0.459 e. The highest BCUT2D eigenvalue weighted by molar-refractivity contribution is 7.95. The molecule has 3 aliphatic heterocycles. The Morgan fingerprint density at radius 2 is 1.39 bits per heavy atom. The topological polar surface area (TPSA) is 206 Å². The largest absolute Gasteiger partial charge is 0.459 e. The second-order valence-electron chi connectivity index (χ2n) is 27.4. The third-order valence-corrected chi connectivity index (χ3v) is 23.7. The van der Waals surface area contributed by atoms with Gasteiger partial charge >= 0.3 is 5.97 Å². The van der Waals surface area contributed by atoms with Crippen LogP contribution in [0.1, 0.15) is 176 Å². The van der Waals surface area contributed by atoms with Gasteiger partial charge in [0.2, 0.25) is 5.91 Å². The molecule has 3 aromatic rings. The molecule has 18 atom stereocenters. The third-order valence-electron chi connectivity index (χ3n) is 19.3. The number of esters is 1. The fraction of sp³-hybridized carbons (Fsp3) is 0.746. The van der Waals surface area contributed by atoms with Crippen molar-refractivity contribution in [1.29, 1.82) is 0 Å². The monoisotopic (exact) mass is 1190 g/mol. The van der Waals surface area contributed by atoms with E-state index in [0.717, 1.165) is 31.8 Å². The van der Waals surface area contributed by atoms with Crippen LogP contribution >= 0.6 is 7.26 Å². The van der Waals surface area contributed by atoms with Gasteiger partial charge in [0.15, 0.2) is 6.29 Å². The SMILES string of the molecule is CC[C@H]1OC(=O)[C@H](C)C([C@H]2C[C@@](C)(OC)[C@@H](O)[C@H](C)O2)[C@H](C)[C@@H](O[C@@H]2O[C@H](C)C[C@H](N(C)C)[C@H]2O)[C@](C)(O)C[C@@H](C)CN(C(=O)CCCCCCC[P+](c2cc(C)cc(C)c2)(c2cc(C)cc(C)c2)c2cnn(C(C)C)c2)[C@H](C)[C@@H](O)[C@]1(C)O. The van der Waals surface area contributed by atoms with Crippen molar-refractivity contribution in [2.75, 3.05) is 33.9 Å². The first kappa shape index (κ1) is 69.7. The van der Waals surface area contributed by atoms with Gasteiger partial charge < -0.3 is 59.0 Å². The summed E-state index contributed by atoms with van der Waals surface area (Å²) in [5.41, 5.74) is 0.189. The summed E-state index contributed by atoms with van der Waals surface area (Å²) < 4.78 is 34.4. The molecule has 3 fully saturated rings. The number of ether oxygens (including phenoxy) is 5. The van der Waals surface area contributed by atoms with E-state index in [-0.39, 0.29) is 56.3 Å². The number of aliphatic hydroxyl groups excluding tert-OH is 3. The first-order chi connectivity index (χ1) is 39.2. The summed E-state index contributed by atoms with van der Waals surface area (Å²) in [6.45, 7) is 30.9. The summed E-state index contributed by atoms with van der Waals surface area (Å²) in [6.07, 6.45) is 1.90. The maximum Gasteiger partial charge on any atom is 0.309 e. The maximum absolute atomic E-state index is 14.9. The molecule has 3 aliphatic rings. The number of amides is 1. The zero-order valence-corrected chi connectivity index (χ0v) is 55.6. The zero-order chi connectivity index (χ0) is 62.6. The van der Waals surface area contributed by atoms with Gasteiger partial charge in [-0.3, -0.25) is 14.3 Å². The summed E-state index contributed by atoms with van der Waals surface area (Å²) in [4.78, 5) is 33.4. The molecule has 1 unspecified atom stereocenters. The second kappa shape index (κ2) is 28.8. The predicted molar refractivity (Wildman–Crippen MR) is 335 cm³/mol. The lowest BCUT2D eigenvalue weighted by Gasteiger charge is -2.51. The van der Waals surface area contributed by atoms with Crippen LogP contribution in [0.4, 0.5) is 0 Å². The summed E-state index contributed by atoms with van der Waals surface area (Å²) in [7, 11) is 3.14. The van der Waals surface area contributed by atoms with Crippen LogP contribution in [0.3, 0.4) is 0 Å². The Bertz CT molecular complexity index is 2530. The Kier molecular flexibility index (Phi) is 23.9. The molecule has 1 amide bonds. The lowest BCUT2D eigenvalue weighted by atomic mass is 9.68. The minimum absolute atomic E-state index is 0.0899. The molecular weight excluding hydrogens is 1080 g/mol. The molecule has 4 heterocycles. The summed E-state index contributed by atoms with van der Waals surface area (Å²) >= 11 is 0. The molecule has 3 saturated heterocycles. The van der Waals surface area contributed by atoms with Crippen molar-refractivity contribution in [2.24, 2.45) is 23.7 Å². The van der Waals surface area contributed by atoms with Crippen molar-refractivity contribution >= 4 is 35.1 Å². The number of nitrogens with zero attached hydrogens (tertiary/aromatic N) is 4. The van der Waals surface area contributed by atoms with Crippen LogP contribution in [-0.2, 0) is 33.3 Å². The molecule has 474 valence electrons. The van der Waals surface area contributed by atoms with Gasteiger partial charge in [0.25, 0.3) is 0 Å². The van der Waals surface area contributed by atoms with Gasteiger partial charge in [-0.05, 0) is 194 Å². The Labute approximate surface area is 505 Å². The Morgan fingerprint density at radius 3 is 1.93 bits per heavy atom. The molecule has 0 saturated carbocycles. The number of carbonyl (C=O) groups excluding carboxylic acids is 2. The van der Waals surface area contributed by atoms with Gasteiger partial charge in [-0.15, -0.1) is 0 Å². The molecule has 1 aromatic heterocycles. The van der Waals surface area contributed by atoms with Crippen LogP contribution in [0.2, 0.25) is 0 Å². The number of aliphatic hydroxyl groups is 5. The number of rotatable bonds is 18. The van der Waals surface area contributed by atoms with Crippen LogP contribution in [0.25, 0.3) is 0 Å². The summed E-state index contributed by atoms with van der Waals surface area (Å²) in [5.74, 6) is -3.72. The first-order valence-corrected chi connectivity index (χ1v) is 33.5. The molecular formula is C67H110N4O12P+. The smallest absolute Gasteiger partial charge is 0.309 e. The number of aromatic nitrogens is 2. The van der Waals surface area contributed by atoms with Gasteiger partial charge in [0, 0.05) is 44.5 Å². The highest BCUT2D eigenvalue weighted by atomic mass is 31.2. The zero-order valence-electron chi connectivity index (χ0n) is 54.7. The summed E-state index contributed by atoms with van der Waals surface area (Å²) in [6, 6.07) is 13.0. The van der Waals surface area contributed by atoms with E-state index in [1.54, 1.807) is 39.5 Å². The normalized spacial score (nSPS) is 35.2. The lowest BCUT2D eigenvalue weighted by molar-refractivity contribution is -0.302.